The van der Waals surface area contributed by atoms with Gasteiger partial charge in [-0.25, -0.2) is 0 Å². The van der Waals surface area contributed by atoms with Crippen molar-refractivity contribution in [1.29, 1.82) is 0 Å². The number of carbonyl (C=O) groups excluding carboxylic acids is 1. The third-order valence-electron chi connectivity index (χ3n) is 2.97. The van der Waals surface area contributed by atoms with E-state index < -0.39 is 5.56 Å². The predicted molar refractivity (Wildman–Crippen MR) is 80.6 cm³/mol. The maximum atomic E-state index is 12.0. The van der Waals surface area contributed by atoms with Gasteiger partial charge in [-0.2, -0.15) is 0 Å². The summed E-state index contributed by atoms with van der Waals surface area (Å²) in [5.74, 6) is -0.291. The number of aromatic amines is 1. The van der Waals surface area contributed by atoms with Crippen molar-refractivity contribution in [1.82, 2.24) is 14.9 Å². The monoisotopic (exact) mass is 335 g/mol. The molecule has 0 saturated carbocycles. The fourth-order valence-electron chi connectivity index (χ4n) is 1.71. The standard InChI is InChI=1S/C14H14BrN3O2/c1-3-18(2)14(20)9-6-7-11(17-13(9)19)12-10(15)5-4-8-16-12/h4-8H,3H2,1-2H3,(H,17,19). The molecule has 20 heavy (non-hydrogen) atoms. The van der Waals surface area contributed by atoms with E-state index in [0.29, 0.717) is 17.9 Å². The first-order chi connectivity index (χ1) is 9.54. The van der Waals surface area contributed by atoms with Gasteiger partial charge in [0.25, 0.3) is 11.5 Å². The minimum Gasteiger partial charge on any atom is -0.342 e. The molecule has 1 amide bonds. The van der Waals surface area contributed by atoms with Gasteiger partial charge in [0.1, 0.15) is 11.3 Å². The maximum Gasteiger partial charge on any atom is 0.261 e. The highest BCUT2D eigenvalue weighted by Crippen LogP contribution is 2.23. The molecule has 2 aromatic rings. The molecule has 1 N–H and O–H groups in total. The number of nitrogens with zero attached hydrogens (tertiary/aromatic N) is 2. The largest absolute Gasteiger partial charge is 0.342 e. The van der Waals surface area contributed by atoms with E-state index in [4.69, 9.17) is 0 Å². The third-order valence-corrected chi connectivity index (χ3v) is 3.61. The summed E-state index contributed by atoms with van der Waals surface area (Å²) in [5.41, 5.74) is 0.918. The average molecular weight is 336 g/mol. The minimum absolute atomic E-state index is 0.130. The van der Waals surface area contributed by atoms with Gasteiger partial charge in [0, 0.05) is 24.3 Å². The summed E-state index contributed by atoms with van der Waals surface area (Å²) in [7, 11) is 1.66. The molecule has 2 aromatic heterocycles. The van der Waals surface area contributed by atoms with Crippen LogP contribution in [0.15, 0.2) is 39.7 Å². The van der Waals surface area contributed by atoms with Crippen LogP contribution >= 0.6 is 15.9 Å². The normalized spacial score (nSPS) is 10.3. The van der Waals surface area contributed by atoms with Crippen LogP contribution in [-0.4, -0.2) is 34.4 Å². The number of amides is 1. The lowest BCUT2D eigenvalue weighted by atomic mass is 10.2. The van der Waals surface area contributed by atoms with Crippen molar-refractivity contribution in [3.05, 3.63) is 50.9 Å². The quantitative estimate of drug-likeness (QED) is 0.935. The Bertz CT molecular complexity index is 697. The molecule has 0 bridgehead atoms. The van der Waals surface area contributed by atoms with Crippen LogP contribution in [0.25, 0.3) is 11.4 Å². The van der Waals surface area contributed by atoms with Gasteiger partial charge in [0.15, 0.2) is 0 Å². The molecule has 2 heterocycles. The van der Waals surface area contributed by atoms with Gasteiger partial charge in [-0.15, -0.1) is 0 Å². The first-order valence-corrected chi connectivity index (χ1v) is 6.93. The zero-order valence-electron chi connectivity index (χ0n) is 11.2. The molecule has 0 aromatic carbocycles. The Morgan fingerprint density at radius 2 is 2.15 bits per heavy atom. The molecule has 0 aliphatic rings. The third kappa shape index (κ3) is 2.80. The molecular weight excluding hydrogens is 322 g/mol. The fourth-order valence-corrected chi connectivity index (χ4v) is 2.18. The van der Waals surface area contributed by atoms with Crippen LogP contribution in [0.3, 0.4) is 0 Å². The summed E-state index contributed by atoms with van der Waals surface area (Å²) in [6.07, 6.45) is 1.64. The van der Waals surface area contributed by atoms with Crippen molar-refractivity contribution in [2.45, 2.75) is 6.92 Å². The van der Waals surface area contributed by atoms with Crippen LogP contribution in [0.5, 0.6) is 0 Å². The topological polar surface area (TPSA) is 66.1 Å². The number of rotatable bonds is 3. The van der Waals surface area contributed by atoms with Crippen molar-refractivity contribution in [3.63, 3.8) is 0 Å². The molecule has 0 aliphatic heterocycles. The molecule has 0 fully saturated rings. The molecular formula is C14H14BrN3O2. The Hall–Kier alpha value is -1.95. The van der Waals surface area contributed by atoms with Crippen LogP contribution in [0.4, 0.5) is 0 Å². The first kappa shape index (κ1) is 14.5. The summed E-state index contributed by atoms with van der Waals surface area (Å²) in [6, 6.07) is 6.85. The van der Waals surface area contributed by atoms with E-state index in [0.717, 1.165) is 4.47 Å². The van der Waals surface area contributed by atoms with Gasteiger partial charge in [-0.3, -0.25) is 14.6 Å². The highest BCUT2D eigenvalue weighted by Gasteiger charge is 2.15. The number of carbonyl (C=O) groups is 1. The number of aromatic nitrogens is 2. The Balaban J connectivity index is 2.44. The lowest BCUT2D eigenvalue weighted by molar-refractivity contribution is 0.0800. The van der Waals surface area contributed by atoms with Crippen molar-refractivity contribution < 1.29 is 4.79 Å². The fraction of sp³-hybridized carbons (Fsp3) is 0.214. The second-order valence-corrected chi connectivity index (χ2v) is 5.12. The Morgan fingerprint density at radius 3 is 2.75 bits per heavy atom. The zero-order valence-corrected chi connectivity index (χ0v) is 12.8. The van der Waals surface area contributed by atoms with Gasteiger partial charge in [-0.1, -0.05) is 0 Å². The smallest absolute Gasteiger partial charge is 0.261 e. The van der Waals surface area contributed by atoms with Crippen LogP contribution in [-0.2, 0) is 0 Å². The lowest BCUT2D eigenvalue weighted by Crippen LogP contribution is -2.31. The van der Waals surface area contributed by atoms with E-state index in [1.807, 2.05) is 13.0 Å². The molecule has 0 radical (unpaired) electrons. The van der Waals surface area contributed by atoms with Crippen molar-refractivity contribution >= 4 is 21.8 Å². The molecule has 0 unspecified atom stereocenters. The van der Waals surface area contributed by atoms with E-state index in [-0.39, 0.29) is 11.5 Å². The van der Waals surface area contributed by atoms with E-state index in [2.05, 4.69) is 25.9 Å². The SMILES string of the molecule is CCN(C)C(=O)c1ccc(-c2ncccc2Br)[nH]c1=O. The Kier molecular flexibility index (Phi) is 4.34. The number of nitrogens with one attached hydrogen (secondary N) is 1. The van der Waals surface area contributed by atoms with Crippen LogP contribution in [0, 0.1) is 0 Å². The molecule has 6 heteroatoms. The van der Waals surface area contributed by atoms with E-state index in [9.17, 15) is 9.59 Å². The summed E-state index contributed by atoms with van der Waals surface area (Å²) in [6.45, 7) is 2.40. The van der Waals surface area contributed by atoms with Crippen LogP contribution < -0.4 is 5.56 Å². The lowest BCUT2D eigenvalue weighted by Gasteiger charge is -2.14. The second-order valence-electron chi connectivity index (χ2n) is 4.27. The number of hydrogen-bond acceptors (Lipinski definition) is 3. The first-order valence-electron chi connectivity index (χ1n) is 6.14. The summed E-state index contributed by atoms with van der Waals surface area (Å²) in [4.78, 5) is 32.4. The Morgan fingerprint density at radius 1 is 1.40 bits per heavy atom. The molecule has 2 rings (SSSR count). The second kappa shape index (κ2) is 6.00. The number of pyridine rings is 2. The average Bonchev–Trinajstić information content (AvgIpc) is 2.46. The molecule has 0 atom stereocenters. The Labute approximate surface area is 124 Å². The number of hydrogen-bond donors (Lipinski definition) is 1. The summed E-state index contributed by atoms with van der Waals surface area (Å²) in [5, 5.41) is 0. The van der Waals surface area contributed by atoms with Gasteiger partial charge in [0.2, 0.25) is 0 Å². The molecule has 104 valence electrons. The van der Waals surface area contributed by atoms with Gasteiger partial charge >= 0.3 is 0 Å². The van der Waals surface area contributed by atoms with Gasteiger partial charge < -0.3 is 9.88 Å². The molecule has 0 aliphatic carbocycles. The number of halogens is 1. The zero-order chi connectivity index (χ0) is 14.7. The van der Waals surface area contributed by atoms with Crippen LogP contribution in [0.1, 0.15) is 17.3 Å². The summed E-state index contributed by atoms with van der Waals surface area (Å²) >= 11 is 3.38. The maximum absolute atomic E-state index is 12.0. The molecule has 5 nitrogen and oxygen atoms in total. The van der Waals surface area contributed by atoms with Gasteiger partial charge in [0.05, 0.1) is 5.69 Å². The summed E-state index contributed by atoms with van der Waals surface area (Å²) < 4.78 is 0.778. The van der Waals surface area contributed by atoms with Crippen molar-refractivity contribution in [2.24, 2.45) is 0 Å². The van der Waals surface area contributed by atoms with Gasteiger partial charge in [-0.05, 0) is 47.1 Å². The minimum atomic E-state index is -0.412. The molecule has 0 saturated heterocycles. The van der Waals surface area contributed by atoms with Crippen LogP contribution in [0.2, 0.25) is 0 Å². The number of H-pyrrole nitrogens is 1. The van der Waals surface area contributed by atoms with E-state index in [1.165, 1.54) is 11.0 Å². The highest BCUT2D eigenvalue weighted by molar-refractivity contribution is 9.10. The van der Waals surface area contributed by atoms with Crippen molar-refractivity contribution in [3.8, 4) is 11.4 Å². The van der Waals surface area contributed by atoms with E-state index in [1.54, 1.807) is 25.4 Å². The van der Waals surface area contributed by atoms with E-state index >= 15 is 0 Å². The predicted octanol–water partition coefficient (Wildman–Crippen LogP) is 2.29. The molecule has 0 spiro atoms. The highest BCUT2D eigenvalue weighted by atomic mass is 79.9. The van der Waals surface area contributed by atoms with Crippen molar-refractivity contribution in [2.75, 3.05) is 13.6 Å².